The van der Waals surface area contributed by atoms with Crippen molar-refractivity contribution in [3.05, 3.63) is 59.0 Å². The Kier molecular flexibility index (Phi) is 5.56. The van der Waals surface area contributed by atoms with E-state index in [0.717, 1.165) is 11.8 Å². The van der Waals surface area contributed by atoms with Crippen LogP contribution >= 0.6 is 0 Å². The minimum Gasteiger partial charge on any atom is -0.474 e. The van der Waals surface area contributed by atoms with Gasteiger partial charge in [-0.25, -0.2) is 14.2 Å². The second-order valence-corrected chi connectivity index (χ2v) is 8.99. The summed E-state index contributed by atoms with van der Waals surface area (Å²) in [6, 6.07) is 8.75. The van der Waals surface area contributed by atoms with Crippen molar-refractivity contribution in [2.75, 3.05) is 0 Å². The summed E-state index contributed by atoms with van der Waals surface area (Å²) in [5, 5.41) is 2.81. The maximum atomic E-state index is 13.9. The summed E-state index contributed by atoms with van der Waals surface area (Å²) in [5.74, 6) is -0.258. The van der Waals surface area contributed by atoms with Crippen molar-refractivity contribution in [1.29, 1.82) is 0 Å². The molecule has 2 aromatic rings. The van der Waals surface area contributed by atoms with Crippen LogP contribution in [0.4, 0.5) is 9.18 Å². The Morgan fingerprint density at radius 1 is 1.29 bits per heavy atom. The molecule has 1 fully saturated rings. The molecule has 2 amide bonds. The second-order valence-electron chi connectivity index (χ2n) is 8.99. The minimum absolute atomic E-state index is 0.0431. The van der Waals surface area contributed by atoms with Crippen molar-refractivity contribution in [3.63, 3.8) is 0 Å². The molecule has 0 spiro atoms. The fourth-order valence-electron chi connectivity index (χ4n) is 3.75. The van der Waals surface area contributed by atoms with Gasteiger partial charge in [-0.3, -0.25) is 4.79 Å². The van der Waals surface area contributed by atoms with E-state index in [2.05, 4.69) is 10.3 Å². The van der Waals surface area contributed by atoms with E-state index in [1.807, 2.05) is 39.0 Å². The third kappa shape index (κ3) is 4.95. The molecule has 164 valence electrons. The molecule has 0 saturated heterocycles. The highest BCUT2D eigenvalue weighted by atomic mass is 19.1. The van der Waals surface area contributed by atoms with Crippen LogP contribution in [0.2, 0.25) is 0 Å². The number of benzene rings is 1. The van der Waals surface area contributed by atoms with Gasteiger partial charge in [0, 0.05) is 36.6 Å². The first-order valence-corrected chi connectivity index (χ1v) is 10.4. The quantitative estimate of drug-likeness (QED) is 0.785. The van der Waals surface area contributed by atoms with Crippen molar-refractivity contribution in [2.45, 2.75) is 64.4 Å². The monoisotopic (exact) mass is 427 g/mol. The lowest BCUT2D eigenvalue weighted by Crippen LogP contribution is -2.50. The molecule has 0 radical (unpaired) electrons. The van der Waals surface area contributed by atoms with E-state index >= 15 is 0 Å². The highest BCUT2D eigenvalue weighted by Crippen LogP contribution is 2.30. The lowest BCUT2D eigenvalue weighted by atomic mass is 9.89. The normalized spacial score (nSPS) is 20.1. The largest absolute Gasteiger partial charge is 0.474 e. The average Bonchev–Trinajstić information content (AvgIpc) is 2.96. The Morgan fingerprint density at radius 3 is 2.74 bits per heavy atom. The molecule has 0 bridgehead atoms. The Hall–Kier alpha value is -3.16. The maximum Gasteiger partial charge on any atom is 0.407 e. The van der Waals surface area contributed by atoms with Crippen molar-refractivity contribution in [3.8, 4) is 5.88 Å². The number of nitrogens with one attached hydrogen (secondary N) is 1. The topological polar surface area (TPSA) is 80.8 Å². The van der Waals surface area contributed by atoms with Crippen LogP contribution in [0, 0.1) is 5.82 Å². The van der Waals surface area contributed by atoms with E-state index in [1.54, 1.807) is 11.0 Å². The Balaban J connectivity index is 1.36. The zero-order valence-corrected chi connectivity index (χ0v) is 17.9. The van der Waals surface area contributed by atoms with Crippen LogP contribution in [-0.4, -0.2) is 39.6 Å². The number of hydrogen-bond donors (Lipinski definition) is 1. The predicted molar refractivity (Wildman–Crippen MR) is 111 cm³/mol. The molecule has 1 N–H and O–H groups in total. The van der Waals surface area contributed by atoms with Gasteiger partial charge in [-0.2, -0.15) is 0 Å². The van der Waals surface area contributed by atoms with Gasteiger partial charge in [0.1, 0.15) is 17.5 Å². The van der Waals surface area contributed by atoms with Gasteiger partial charge in [0.05, 0.1) is 12.7 Å². The lowest BCUT2D eigenvalue weighted by Gasteiger charge is -2.36. The highest BCUT2D eigenvalue weighted by molar-refractivity contribution is 5.98. The van der Waals surface area contributed by atoms with E-state index in [-0.39, 0.29) is 24.6 Å². The molecule has 1 saturated carbocycles. The van der Waals surface area contributed by atoms with Gasteiger partial charge in [-0.05, 0) is 38.5 Å². The van der Waals surface area contributed by atoms with E-state index < -0.39 is 17.5 Å². The number of pyridine rings is 1. The summed E-state index contributed by atoms with van der Waals surface area (Å²) >= 11 is 0. The maximum absolute atomic E-state index is 13.9. The Labute approximate surface area is 180 Å². The number of fused-ring (bicyclic) bond motifs is 1. The summed E-state index contributed by atoms with van der Waals surface area (Å²) in [6.45, 7) is 6.11. The molecule has 0 atom stereocenters. The second kappa shape index (κ2) is 8.17. The number of amides is 2. The molecule has 31 heavy (non-hydrogen) atoms. The lowest BCUT2D eigenvalue weighted by molar-refractivity contribution is 0.0351. The van der Waals surface area contributed by atoms with Crippen LogP contribution in [0.3, 0.4) is 0 Å². The smallest absolute Gasteiger partial charge is 0.407 e. The number of hydrogen-bond acceptors (Lipinski definition) is 5. The van der Waals surface area contributed by atoms with Crippen molar-refractivity contribution < 1.29 is 23.5 Å². The van der Waals surface area contributed by atoms with Gasteiger partial charge in [-0.1, -0.05) is 18.2 Å². The van der Waals surface area contributed by atoms with Gasteiger partial charge < -0.3 is 19.7 Å². The number of nitrogens with zero attached hydrogens (tertiary/aromatic N) is 2. The third-order valence-electron chi connectivity index (χ3n) is 5.24. The predicted octanol–water partition coefficient (Wildman–Crippen LogP) is 3.81. The van der Waals surface area contributed by atoms with Crippen LogP contribution in [0.1, 0.15) is 55.1 Å². The minimum atomic E-state index is -0.552. The van der Waals surface area contributed by atoms with Crippen molar-refractivity contribution in [1.82, 2.24) is 15.2 Å². The summed E-state index contributed by atoms with van der Waals surface area (Å²) in [5.41, 5.74) is 1.59. The van der Waals surface area contributed by atoms with Crippen LogP contribution in [-0.2, 0) is 17.8 Å². The third-order valence-corrected chi connectivity index (χ3v) is 5.24. The first kappa shape index (κ1) is 21.1. The number of rotatable bonds is 5. The van der Waals surface area contributed by atoms with Crippen molar-refractivity contribution >= 4 is 12.0 Å². The molecule has 2 aliphatic rings. The summed E-state index contributed by atoms with van der Waals surface area (Å²) < 4.78 is 25.1. The molecule has 1 aromatic carbocycles. The summed E-state index contributed by atoms with van der Waals surface area (Å²) in [6.07, 6.45) is 1.71. The van der Waals surface area contributed by atoms with Gasteiger partial charge in [0.15, 0.2) is 0 Å². The first-order chi connectivity index (χ1) is 14.7. The van der Waals surface area contributed by atoms with Gasteiger partial charge >= 0.3 is 6.09 Å². The first-order valence-electron chi connectivity index (χ1n) is 10.4. The molecule has 1 aliphatic carbocycles. The number of ether oxygens (including phenoxy) is 2. The van der Waals surface area contributed by atoms with Crippen molar-refractivity contribution in [2.24, 2.45) is 0 Å². The standard InChI is InChI=1S/C23H26FN3O4/c1-23(2,3)31-22(29)26-17-9-18(10-17)30-20-15(8-16(24)11-25-20)13-27-12-14-6-4-5-7-19(14)21(27)28/h4-8,11,17-18H,9-10,12-13H2,1-3H3,(H,26,29). The Bertz CT molecular complexity index is 999. The fraction of sp³-hybridized carbons (Fsp3) is 0.435. The van der Waals surface area contributed by atoms with Gasteiger partial charge in [0.2, 0.25) is 5.88 Å². The van der Waals surface area contributed by atoms with Gasteiger partial charge in [0.25, 0.3) is 5.91 Å². The molecule has 2 heterocycles. The number of alkyl carbamates (subject to hydrolysis) is 1. The number of aromatic nitrogens is 1. The molecule has 1 aromatic heterocycles. The van der Waals surface area contributed by atoms with Gasteiger partial charge in [-0.15, -0.1) is 0 Å². The molecule has 0 unspecified atom stereocenters. The van der Waals surface area contributed by atoms with E-state index in [9.17, 15) is 14.0 Å². The summed E-state index contributed by atoms with van der Waals surface area (Å²) in [7, 11) is 0. The molecule has 1 aliphatic heterocycles. The van der Waals surface area contributed by atoms with E-state index in [4.69, 9.17) is 9.47 Å². The van der Waals surface area contributed by atoms with E-state index in [0.29, 0.717) is 36.4 Å². The van der Waals surface area contributed by atoms with Crippen LogP contribution in [0.25, 0.3) is 0 Å². The molecule has 8 heteroatoms. The van der Waals surface area contributed by atoms with Crippen LogP contribution in [0.5, 0.6) is 5.88 Å². The zero-order chi connectivity index (χ0) is 22.2. The number of carbonyl (C=O) groups is 2. The average molecular weight is 427 g/mol. The number of halogens is 1. The van der Waals surface area contributed by atoms with E-state index in [1.165, 1.54) is 6.07 Å². The fourth-order valence-corrected chi connectivity index (χ4v) is 3.75. The Morgan fingerprint density at radius 2 is 2.03 bits per heavy atom. The van der Waals surface area contributed by atoms with Crippen LogP contribution < -0.4 is 10.1 Å². The molecular weight excluding hydrogens is 401 g/mol. The SMILES string of the molecule is CC(C)(C)OC(=O)NC1CC(Oc2ncc(F)cc2CN2Cc3ccccc3C2=O)C1. The highest BCUT2D eigenvalue weighted by Gasteiger charge is 2.34. The molecule has 7 nitrogen and oxygen atoms in total. The molecular formula is C23H26FN3O4. The van der Waals surface area contributed by atoms with Crippen LogP contribution in [0.15, 0.2) is 36.5 Å². The number of carbonyl (C=O) groups excluding carboxylic acids is 2. The summed E-state index contributed by atoms with van der Waals surface area (Å²) in [4.78, 5) is 30.3. The zero-order valence-electron chi connectivity index (χ0n) is 17.9. The molecule has 4 rings (SSSR count).